The summed E-state index contributed by atoms with van der Waals surface area (Å²) >= 11 is 0. The molecule has 17 heavy (non-hydrogen) atoms. The molecule has 1 aromatic heterocycles. The van der Waals surface area contributed by atoms with E-state index in [1.807, 2.05) is 31.2 Å². The van der Waals surface area contributed by atoms with Crippen molar-refractivity contribution < 1.29 is 9.26 Å². The van der Waals surface area contributed by atoms with Crippen LogP contribution in [0.15, 0.2) is 28.8 Å². The van der Waals surface area contributed by atoms with Gasteiger partial charge in [0.05, 0.1) is 13.2 Å². The fourth-order valence-electron chi connectivity index (χ4n) is 1.49. The van der Waals surface area contributed by atoms with E-state index in [2.05, 4.69) is 10.1 Å². The van der Waals surface area contributed by atoms with E-state index in [0.717, 1.165) is 11.3 Å². The van der Waals surface area contributed by atoms with Gasteiger partial charge in [-0.2, -0.15) is 4.98 Å². The molecule has 2 N–H and O–H groups in total. The summed E-state index contributed by atoms with van der Waals surface area (Å²) in [5, 5.41) is 3.88. The Kier molecular flexibility index (Phi) is 3.39. The summed E-state index contributed by atoms with van der Waals surface area (Å²) in [6.45, 7) is 1.81. The Labute approximate surface area is 99.6 Å². The Balaban J connectivity index is 2.13. The molecule has 5 nitrogen and oxygen atoms in total. The monoisotopic (exact) mass is 233 g/mol. The Morgan fingerprint density at radius 1 is 1.47 bits per heavy atom. The van der Waals surface area contributed by atoms with Gasteiger partial charge in [0.25, 0.3) is 0 Å². The standard InChI is InChI=1S/C12H15N3O2/c1-8(13)12-14-11(15-17-12)7-9-4-3-5-10(6-9)16-2/h3-6,8H,7,13H2,1-2H3/t8-/m1/s1. The fraction of sp³-hybridized carbons (Fsp3) is 0.333. The molecule has 0 radical (unpaired) electrons. The minimum Gasteiger partial charge on any atom is -0.497 e. The Morgan fingerprint density at radius 2 is 2.29 bits per heavy atom. The van der Waals surface area contributed by atoms with Crippen molar-refractivity contribution in [3.63, 3.8) is 0 Å². The lowest BCUT2D eigenvalue weighted by molar-refractivity contribution is 0.357. The van der Waals surface area contributed by atoms with Crippen molar-refractivity contribution in [3.05, 3.63) is 41.5 Å². The molecule has 0 fully saturated rings. The number of ether oxygens (including phenoxy) is 1. The maximum atomic E-state index is 5.65. The molecule has 0 spiro atoms. The zero-order chi connectivity index (χ0) is 12.3. The second kappa shape index (κ2) is 4.97. The molecule has 1 heterocycles. The van der Waals surface area contributed by atoms with E-state index in [1.165, 1.54) is 0 Å². The predicted octanol–water partition coefficient (Wildman–Crippen LogP) is 1.69. The molecular weight excluding hydrogens is 218 g/mol. The summed E-state index contributed by atoms with van der Waals surface area (Å²) in [6, 6.07) is 7.53. The van der Waals surface area contributed by atoms with Crippen molar-refractivity contribution in [2.45, 2.75) is 19.4 Å². The van der Waals surface area contributed by atoms with Crippen LogP contribution in [0.2, 0.25) is 0 Å². The van der Waals surface area contributed by atoms with Crippen molar-refractivity contribution in [1.82, 2.24) is 10.1 Å². The van der Waals surface area contributed by atoms with Crippen LogP contribution < -0.4 is 10.5 Å². The summed E-state index contributed by atoms with van der Waals surface area (Å²) in [6.07, 6.45) is 0.605. The maximum Gasteiger partial charge on any atom is 0.243 e. The van der Waals surface area contributed by atoms with E-state index in [0.29, 0.717) is 18.1 Å². The van der Waals surface area contributed by atoms with Gasteiger partial charge in [-0.25, -0.2) is 0 Å². The van der Waals surface area contributed by atoms with E-state index in [-0.39, 0.29) is 6.04 Å². The van der Waals surface area contributed by atoms with Gasteiger partial charge < -0.3 is 15.0 Å². The number of hydrogen-bond donors (Lipinski definition) is 1. The third kappa shape index (κ3) is 2.82. The van der Waals surface area contributed by atoms with Crippen molar-refractivity contribution in [2.24, 2.45) is 5.73 Å². The van der Waals surface area contributed by atoms with Crippen LogP contribution in [0.1, 0.15) is 30.2 Å². The molecule has 90 valence electrons. The fourth-order valence-corrected chi connectivity index (χ4v) is 1.49. The van der Waals surface area contributed by atoms with Crippen LogP contribution >= 0.6 is 0 Å². The largest absolute Gasteiger partial charge is 0.497 e. The van der Waals surface area contributed by atoms with Gasteiger partial charge >= 0.3 is 0 Å². The summed E-state index contributed by atoms with van der Waals surface area (Å²) in [4.78, 5) is 4.22. The van der Waals surface area contributed by atoms with E-state index in [1.54, 1.807) is 7.11 Å². The first kappa shape index (κ1) is 11.6. The molecule has 1 atom stereocenters. The van der Waals surface area contributed by atoms with E-state index in [4.69, 9.17) is 15.0 Å². The maximum absolute atomic E-state index is 5.65. The smallest absolute Gasteiger partial charge is 0.243 e. The summed E-state index contributed by atoms with van der Waals surface area (Å²) in [5.41, 5.74) is 6.72. The van der Waals surface area contributed by atoms with Gasteiger partial charge in [0, 0.05) is 6.42 Å². The molecule has 0 aliphatic carbocycles. The molecule has 0 saturated heterocycles. The topological polar surface area (TPSA) is 74.2 Å². The highest BCUT2D eigenvalue weighted by Crippen LogP contribution is 2.15. The van der Waals surface area contributed by atoms with Crippen LogP contribution in [0.5, 0.6) is 5.75 Å². The third-order valence-electron chi connectivity index (χ3n) is 2.37. The lowest BCUT2D eigenvalue weighted by Crippen LogP contribution is -2.05. The molecule has 0 amide bonds. The van der Waals surface area contributed by atoms with Crippen LogP contribution in [0.4, 0.5) is 0 Å². The third-order valence-corrected chi connectivity index (χ3v) is 2.37. The molecule has 0 saturated carbocycles. The SMILES string of the molecule is COc1cccc(Cc2noc([C@@H](C)N)n2)c1. The first-order valence-electron chi connectivity index (χ1n) is 5.40. The highest BCUT2D eigenvalue weighted by Gasteiger charge is 2.10. The van der Waals surface area contributed by atoms with Gasteiger partial charge in [-0.1, -0.05) is 17.3 Å². The van der Waals surface area contributed by atoms with E-state index < -0.39 is 0 Å². The number of methoxy groups -OCH3 is 1. The Hall–Kier alpha value is -1.88. The molecule has 0 unspecified atom stereocenters. The quantitative estimate of drug-likeness (QED) is 0.869. The van der Waals surface area contributed by atoms with Crippen LogP contribution in [0.3, 0.4) is 0 Å². The summed E-state index contributed by atoms with van der Waals surface area (Å²) in [5.74, 6) is 1.91. The molecule has 2 aromatic rings. The first-order chi connectivity index (χ1) is 8.19. The number of aromatic nitrogens is 2. The number of rotatable bonds is 4. The number of hydrogen-bond acceptors (Lipinski definition) is 5. The van der Waals surface area contributed by atoms with Crippen molar-refractivity contribution in [2.75, 3.05) is 7.11 Å². The van der Waals surface area contributed by atoms with Gasteiger partial charge in [0.1, 0.15) is 5.75 Å². The number of nitrogens with zero attached hydrogens (tertiary/aromatic N) is 2. The van der Waals surface area contributed by atoms with Gasteiger partial charge in [-0.3, -0.25) is 0 Å². The van der Waals surface area contributed by atoms with Crippen molar-refractivity contribution >= 4 is 0 Å². The van der Waals surface area contributed by atoms with Crippen molar-refractivity contribution in [3.8, 4) is 5.75 Å². The lowest BCUT2D eigenvalue weighted by Gasteiger charge is -2.01. The molecule has 0 aliphatic rings. The van der Waals surface area contributed by atoms with Gasteiger partial charge in [0.15, 0.2) is 5.82 Å². The van der Waals surface area contributed by atoms with Crippen molar-refractivity contribution in [1.29, 1.82) is 0 Å². The molecular formula is C12H15N3O2. The van der Waals surface area contributed by atoms with Crippen LogP contribution in [-0.4, -0.2) is 17.3 Å². The Morgan fingerprint density at radius 3 is 2.94 bits per heavy atom. The number of nitrogens with two attached hydrogens (primary N) is 1. The van der Waals surface area contributed by atoms with E-state index >= 15 is 0 Å². The minimum absolute atomic E-state index is 0.235. The summed E-state index contributed by atoms with van der Waals surface area (Å²) < 4.78 is 10.2. The molecule has 0 aliphatic heterocycles. The molecule has 5 heteroatoms. The van der Waals surface area contributed by atoms with Gasteiger partial charge in [-0.15, -0.1) is 0 Å². The predicted molar refractivity (Wildman–Crippen MR) is 62.7 cm³/mol. The summed E-state index contributed by atoms with van der Waals surface area (Å²) in [7, 11) is 1.64. The van der Waals surface area contributed by atoms with Gasteiger partial charge in [0.2, 0.25) is 5.89 Å². The van der Waals surface area contributed by atoms with Gasteiger partial charge in [-0.05, 0) is 24.6 Å². The zero-order valence-electron chi connectivity index (χ0n) is 9.88. The lowest BCUT2D eigenvalue weighted by atomic mass is 10.1. The number of benzene rings is 1. The second-order valence-electron chi connectivity index (χ2n) is 3.87. The molecule has 0 bridgehead atoms. The average Bonchev–Trinajstić information content (AvgIpc) is 2.78. The second-order valence-corrected chi connectivity index (χ2v) is 3.87. The molecule has 2 rings (SSSR count). The van der Waals surface area contributed by atoms with Crippen LogP contribution in [-0.2, 0) is 6.42 Å². The minimum atomic E-state index is -0.235. The first-order valence-corrected chi connectivity index (χ1v) is 5.40. The normalized spacial score (nSPS) is 12.4. The zero-order valence-corrected chi connectivity index (χ0v) is 9.88. The van der Waals surface area contributed by atoms with Crippen LogP contribution in [0, 0.1) is 0 Å². The highest BCUT2D eigenvalue weighted by molar-refractivity contribution is 5.30. The Bertz CT molecular complexity index is 494. The van der Waals surface area contributed by atoms with Crippen LogP contribution in [0.25, 0.3) is 0 Å². The van der Waals surface area contributed by atoms with E-state index in [9.17, 15) is 0 Å². The molecule has 1 aromatic carbocycles. The highest BCUT2D eigenvalue weighted by atomic mass is 16.5. The average molecular weight is 233 g/mol.